The largest absolute Gasteiger partial charge is 0.379 e. The maximum Gasteiger partial charge on any atom is 0.235 e. The van der Waals surface area contributed by atoms with E-state index in [0.29, 0.717) is 26.3 Å². The fourth-order valence-electron chi connectivity index (χ4n) is 2.94. The summed E-state index contributed by atoms with van der Waals surface area (Å²) < 4.78 is 30.3. The van der Waals surface area contributed by atoms with Gasteiger partial charge >= 0.3 is 0 Å². The summed E-state index contributed by atoms with van der Waals surface area (Å²) in [6.07, 6.45) is 5.43. The molecule has 1 saturated heterocycles. The van der Waals surface area contributed by atoms with Crippen molar-refractivity contribution in [3.63, 3.8) is 0 Å². The van der Waals surface area contributed by atoms with Crippen LogP contribution < -0.4 is 5.32 Å². The van der Waals surface area contributed by atoms with Gasteiger partial charge in [0.25, 0.3) is 0 Å². The van der Waals surface area contributed by atoms with E-state index in [1.807, 2.05) is 0 Å². The number of morpholine rings is 1. The monoisotopic (exact) mass is 333 g/mol. The highest BCUT2D eigenvalue weighted by molar-refractivity contribution is 7.88. The normalized spacial score (nSPS) is 21.4. The molecule has 0 aromatic heterocycles. The third-order valence-electron chi connectivity index (χ3n) is 4.28. The van der Waals surface area contributed by atoms with Crippen molar-refractivity contribution in [3.05, 3.63) is 0 Å². The minimum absolute atomic E-state index is 0.0837. The molecule has 0 aromatic carbocycles. The van der Waals surface area contributed by atoms with Gasteiger partial charge in [0, 0.05) is 32.2 Å². The molecule has 1 aliphatic heterocycles. The standard InChI is InChI=1S/C14H27N3O4S/c1-22(19,20)17(7-6-16-8-10-21-11-9-16)12-14(18)15-13-4-2-3-5-13/h13H,2-12H2,1H3,(H,15,18). The molecule has 1 saturated carbocycles. The van der Waals surface area contributed by atoms with Crippen LogP contribution in [-0.4, -0.2) is 81.8 Å². The second kappa shape index (κ2) is 8.24. The van der Waals surface area contributed by atoms with Crippen LogP contribution in [0.15, 0.2) is 0 Å². The van der Waals surface area contributed by atoms with Crippen molar-refractivity contribution >= 4 is 15.9 Å². The van der Waals surface area contributed by atoms with Crippen molar-refractivity contribution in [2.75, 3.05) is 52.2 Å². The van der Waals surface area contributed by atoms with E-state index in [4.69, 9.17) is 4.74 Å². The highest BCUT2D eigenvalue weighted by atomic mass is 32.2. The molecular formula is C14H27N3O4S. The molecule has 0 atom stereocenters. The molecule has 2 fully saturated rings. The van der Waals surface area contributed by atoms with Crippen molar-refractivity contribution < 1.29 is 17.9 Å². The van der Waals surface area contributed by atoms with Crippen LogP contribution in [0.5, 0.6) is 0 Å². The van der Waals surface area contributed by atoms with E-state index in [2.05, 4.69) is 10.2 Å². The van der Waals surface area contributed by atoms with Crippen molar-refractivity contribution in [3.8, 4) is 0 Å². The molecule has 0 spiro atoms. The number of amides is 1. The number of carbonyl (C=O) groups excluding carboxylic acids is 1. The van der Waals surface area contributed by atoms with Crippen LogP contribution in [0.1, 0.15) is 25.7 Å². The van der Waals surface area contributed by atoms with Gasteiger partial charge in [0.1, 0.15) is 0 Å². The van der Waals surface area contributed by atoms with Crippen LogP contribution in [0.25, 0.3) is 0 Å². The molecule has 0 unspecified atom stereocenters. The van der Waals surface area contributed by atoms with E-state index in [0.717, 1.165) is 45.0 Å². The van der Waals surface area contributed by atoms with Gasteiger partial charge in [-0.25, -0.2) is 8.42 Å². The predicted molar refractivity (Wildman–Crippen MR) is 84.1 cm³/mol. The lowest BCUT2D eigenvalue weighted by Gasteiger charge is -2.29. The summed E-state index contributed by atoms with van der Waals surface area (Å²) in [4.78, 5) is 14.2. The molecule has 2 rings (SSSR count). The average molecular weight is 333 g/mol. The van der Waals surface area contributed by atoms with E-state index >= 15 is 0 Å². The van der Waals surface area contributed by atoms with Gasteiger partial charge in [0.05, 0.1) is 26.0 Å². The number of hydrogen-bond donors (Lipinski definition) is 1. The minimum Gasteiger partial charge on any atom is -0.379 e. The van der Waals surface area contributed by atoms with Gasteiger partial charge in [-0.05, 0) is 12.8 Å². The second-order valence-corrected chi connectivity index (χ2v) is 8.08. The Morgan fingerprint density at radius 1 is 1.27 bits per heavy atom. The van der Waals surface area contributed by atoms with Crippen LogP contribution in [0.4, 0.5) is 0 Å². The molecule has 0 bridgehead atoms. The van der Waals surface area contributed by atoms with Gasteiger partial charge in [0.2, 0.25) is 15.9 Å². The molecule has 2 aliphatic rings. The molecule has 128 valence electrons. The Balaban J connectivity index is 1.81. The Hall–Kier alpha value is -0.700. The van der Waals surface area contributed by atoms with Crippen LogP contribution >= 0.6 is 0 Å². The number of hydrogen-bond acceptors (Lipinski definition) is 5. The van der Waals surface area contributed by atoms with Gasteiger partial charge in [-0.2, -0.15) is 4.31 Å². The summed E-state index contributed by atoms with van der Waals surface area (Å²) in [6, 6.07) is 0.216. The molecule has 1 amide bonds. The molecule has 1 aliphatic carbocycles. The minimum atomic E-state index is -3.38. The van der Waals surface area contributed by atoms with E-state index < -0.39 is 10.0 Å². The fourth-order valence-corrected chi connectivity index (χ4v) is 3.71. The lowest BCUT2D eigenvalue weighted by molar-refractivity contribution is -0.122. The number of ether oxygens (including phenoxy) is 1. The fraction of sp³-hybridized carbons (Fsp3) is 0.929. The predicted octanol–water partition coefficient (Wildman–Crippen LogP) is -0.361. The molecule has 0 aromatic rings. The molecule has 1 heterocycles. The molecule has 8 heteroatoms. The van der Waals surface area contributed by atoms with Crippen molar-refractivity contribution in [1.29, 1.82) is 0 Å². The topological polar surface area (TPSA) is 79.0 Å². The SMILES string of the molecule is CS(=O)(=O)N(CCN1CCOCC1)CC(=O)NC1CCCC1. The van der Waals surface area contributed by atoms with Gasteiger partial charge in [0.15, 0.2) is 0 Å². The summed E-state index contributed by atoms with van der Waals surface area (Å²) in [6.45, 7) is 3.88. The van der Waals surface area contributed by atoms with Crippen molar-refractivity contribution in [2.45, 2.75) is 31.7 Å². The zero-order chi connectivity index (χ0) is 16.0. The quantitative estimate of drug-likeness (QED) is 0.688. The Morgan fingerprint density at radius 2 is 1.91 bits per heavy atom. The highest BCUT2D eigenvalue weighted by Gasteiger charge is 2.24. The highest BCUT2D eigenvalue weighted by Crippen LogP contribution is 2.17. The number of sulfonamides is 1. The Bertz CT molecular complexity index is 457. The maximum absolute atomic E-state index is 12.1. The van der Waals surface area contributed by atoms with E-state index in [9.17, 15) is 13.2 Å². The van der Waals surface area contributed by atoms with Crippen molar-refractivity contribution in [1.82, 2.24) is 14.5 Å². The molecule has 7 nitrogen and oxygen atoms in total. The first-order valence-electron chi connectivity index (χ1n) is 8.00. The molecule has 0 radical (unpaired) electrons. The maximum atomic E-state index is 12.1. The third kappa shape index (κ3) is 5.83. The van der Waals surface area contributed by atoms with Gasteiger partial charge in [-0.3, -0.25) is 9.69 Å². The van der Waals surface area contributed by atoms with E-state index in [-0.39, 0.29) is 18.5 Å². The number of carbonyl (C=O) groups is 1. The number of nitrogens with one attached hydrogen (secondary N) is 1. The molecule has 22 heavy (non-hydrogen) atoms. The van der Waals surface area contributed by atoms with Gasteiger partial charge in [-0.15, -0.1) is 0 Å². The zero-order valence-electron chi connectivity index (χ0n) is 13.3. The van der Waals surface area contributed by atoms with Crippen LogP contribution in [0.3, 0.4) is 0 Å². The summed E-state index contributed by atoms with van der Waals surface area (Å²) in [5, 5.41) is 2.94. The van der Waals surface area contributed by atoms with Gasteiger partial charge in [-0.1, -0.05) is 12.8 Å². The Morgan fingerprint density at radius 3 is 2.50 bits per heavy atom. The number of rotatable bonds is 7. The summed E-state index contributed by atoms with van der Waals surface area (Å²) in [5.41, 5.74) is 0. The van der Waals surface area contributed by atoms with E-state index in [1.54, 1.807) is 0 Å². The Kier molecular flexibility index (Phi) is 6.61. The summed E-state index contributed by atoms with van der Waals surface area (Å²) in [5.74, 6) is -0.195. The average Bonchev–Trinajstić information content (AvgIpc) is 2.96. The Labute approximate surface area is 133 Å². The number of nitrogens with zero attached hydrogens (tertiary/aromatic N) is 2. The van der Waals surface area contributed by atoms with E-state index in [1.165, 1.54) is 4.31 Å². The molecular weight excluding hydrogens is 306 g/mol. The van der Waals surface area contributed by atoms with Crippen LogP contribution in [-0.2, 0) is 19.6 Å². The smallest absolute Gasteiger partial charge is 0.235 e. The van der Waals surface area contributed by atoms with Crippen molar-refractivity contribution in [2.24, 2.45) is 0 Å². The summed E-state index contributed by atoms with van der Waals surface area (Å²) in [7, 11) is -3.38. The first kappa shape index (κ1) is 17.7. The van der Waals surface area contributed by atoms with Crippen LogP contribution in [0, 0.1) is 0 Å². The first-order chi connectivity index (χ1) is 10.4. The van der Waals surface area contributed by atoms with Crippen LogP contribution in [0.2, 0.25) is 0 Å². The molecule has 1 N–H and O–H groups in total. The second-order valence-electron chi connectivity index (χ2n) is 6.10. The first-order valence-corrected chi connectivity index (χ1v) is 9.84. The zero-order valence-corrected chi connectivity index (χ0v) is 14.1. The lowest BCUT2D eigenvalue weighted by atomic mass is 10.2. The lowest BCUT2D eigenvalue weighted by Crippen LogP contribution is -2.47. The summed E-state index contributed by atoms with van der Waals surface area (Å²) >= 11 is 0. The van der Waals surface area contributed by atoms with Gasteiger partial charge < -0.3 is 10.1 Å². The third-order valence-corrected chi connectivity index (χ3v) is 5.53.